The molecule has 1 aliphatic heterocycles. The van der Waals surface area contributed by atoms with E-state index < -0.39 is 0 Å². The molecule has 1 aromatic rings. The molecule has 4 nitrogen and oxygen atoms in total. The molecule has 2 fully saturated rings. The Hall–Kier alpha value is -1.29. The van der Waals surface area contributed by atoms with E-state index in [-0.39, 0.29) is 11.9 Å². The summed E-state index contributed by atoms with van der Waals surface area (Å²) in [5, 5.41) is 6.54. The SMILES string of the molecule is O=C(NCc1ccoc1)C1CCC2CCCCC2N1. The third-order valence-electron chi connectivity index (χ3n) is 4.51. The molecule has 0 spiro atoms. The Morgan fingerprint density at radius 2 is 2.21 bits per heavy atom. The molecule has 3 unspecified atom stereocenters. The van der Waals surface area contributed by atoms with Crippen LogP contribution < -0.4 is 10.6 Å². The van der Waals surface area contributed by atoms with Gasteiger partial charge in [0.05, 0.1) is 18.6 Å². The summed E-state index contributed by atoms with van der Waals surface area (Å²) in [6, 6.07) is 2.43. The van der Waals surface area contributed by atoms with Crippen molar-refractivity contribution in [1.82, 2.24) is 10.6 Å². The van der Waals surface area contributed by atoms with Crippen LogP contribution in [0.1, 0.15) is 44.1 Å². The summed E-state index contributed by atoms with van der Waals surface area (Å²) < 4.78 is 5.00. The molecule has 1 aliphatic carbocycles. The molecule has 0 aromatic carbocycles. The maximum absolute atomic E-state index is 12.2. The largest absolute Gasteiger partial charge is 0.472 e. The number of furan rings is 1. The van der Waals surface area contributed by atoms with Crippen molar-refractivity contribution in [2.45, 2.75) is 57.2 Å². The van der Waals surface area contributed by atoms with E-state index in [2.05, 4.69) is 10.6 Å². The molecule has 3 rings (SSSR count). The molecule has 1 amide bonds. The fourth-order valence-corrected chi connectivity index (χ4v) is 3.41. The molecule has 3 atom stereocenters. The predicted molar refractivity (Wildman–Crippen MR) is 72.5 cm³/mol. The molecule has 1 saturated carbocycles. The molecule has 0 bridgehead atoms. The van der Waals surface area contributed by atoms with Crippen LogP contribution >= 0.6 is 0 Å². The van der Waals surface area contributed by atoms with Crippen molar-refractivity contribution in [3.8, 4) is 0 Å². The third-order valence-corrected chi connectivity index (χ3v) is 4.51. The van der Waals surface area contributed by atoms with E-state index in [4.69, 9.17) is 4.42 Å². The van der Waals surface area contributed by atoms with Gasteiger partial charge in [0, 0.05) is 18.2 Å². The molecule has 2 N–H and O–H groups in total. The first-order valence-electron chi connectivity index (χ1n) is 7.38. The molecule has 2 heterocycles. The first kappa shape index (κ1) is 12.7. The van der Waals surface area contributed by atoms with Gasteiger partial charge in [-0.1, -0.05) is 12.8 Å². The highest BCUT2D eigenvalue weighted by Gasteiger charge is 2.34. The number of hydrogen-bond acceptors (Lipinski definition) is 3. The van der Waals surface area contributed by atoms with Crippen molar-refractivity contribution < 1.29 is 9.21 Å². The second kappa shape index (κ2) is 5.78. The lowest BCUT2D eigenvalue weighted by Crippen LogP contribution is -2.54. The normalized spacial score (nSPS) is 30.6. The van der Waals surface area contributed by atoms with Crippen molar-refractivity contribution in [3.63, 3.8) is 0 Å². The number of amides is 1. The minimum absolute atomic E-state index is 0.00810. The predicted octanol–water partition coefficient (Wildman–Crippen LogP) is 2.21. The summed E-state index contributed by atoms with van der Waals surface area (Å²) >= 11 is 0. The number of carbonyl (C=O) groups excluding carboxylic acids is 1. The zero-order valence-corrected chi connectivity index (χ0v) is 11.2. The standard InChI is InChI=1S/C15H22N2O2/c18-15(16-9-11-7-8-19-10-11)14-6-5-12-3-1-2-4-13(12)17-14/h7-8,10,12-14,17H,1-6,9H2,(H,16,18). The zero-order valence-electron chi connectivity index (χ0n) is 11.2. The summed E-state index contributed by atoms with van der Waals surface area (Å²) in [5.74, 6) is 0.928. The Labute approximate surface area is 113 Å². The van der Waals surface area contributed by atoms with Crippen LogP contribution in [0.25, 0.3) is 0 Å². The topological polar surface area (TPSA) is 54.3 Å². The van der Waals surface area contributed by atoms with E-state index in [1.165, 1.54) is 32.1 Å². The van der Waals surface area contributed by atoms with Crippen LogP contribution in [0.15, 0.2) is 23.0 Å². The van der Waals surface area contributed by atoms with Crippen molar-refractivity contribution >= 4 is 5.91 Å². The van der Waals surface area contributed by atoms with Crippen LogP contribution in [-0.4, -0.2) is 18.0 Å². The number of fused-ring (bicyclic) bond motifs is 1. The van der Waals surface area contributed by atoms with Crippen LogP contribution in [0.3, 0.4) is 0 Å². The van der Waals surface area contributed by atoms with Gasteiger partial charge in [-0.3, -0.25) is 4.79 Å². The van der Waals surface area contributed by atoms with Gasteiger partial charge in [0.1, 0.15) is 0 Å². The maximum Gasteiger partial charge on any atom is 0.237 e. The lowest BCUT2D eigenvalue weighted by atomic mass is 9.77. The number of carbonyl (C=O) groups is 1. The van der Waals surface area contributed by atoms with Gasteiger partial charge in [-0.15, -0.1) is 0 Å². The summed E-state index contributed by atoms with van der Waals surface area (Å²) in [7, 11) is 0. The third kappa shape index (κ3) is 3.00. The van der Waals surface area contributed by atoms with Gasteiger partial charge >= 0.3 is 0 Å². The number of hydrogen-bond donors (Lipinski definition) is 2. The highest BCUT2D eigenvalue weighted by Crippen LogP contribution is 2.32. The molecular formula is C15H22N2O2. The van der Waals surface area contributed by atoms with Gasteiger partial charge in [-0.25, -0.2) is 0 Å². The van der Waals surface area contributed by atoms with Gasteiger partial charge < -0.3 is 15.1 Å². The smallest absolute Gasteiger partial charge is 0.237 e. The highest BCUT2D eigenvalue weighted by molar-refractivity contribution is 5.81. The Balaban J connectivity index is 1.50. The minimum Gasteiger partial charge on any atom is -0.472 e. The lowest BCUT2D eigenvalue weighted by molar-refractivity contribution is -0.124. The molecule has 19 heavy (non-hydrogen) atoms. The quantitative estimate of drug-likeness (QED) is 0.878. The summed E-state index contributed by atoms with van der Waals surface area (Å²) in [4.78, 5) is 12.2. The fraction of sp³-hybridized carbons (Fsp3) is 0.667. The second-order valence-electron chi connectivity index (χ2n) is 5.80. The molecule has 2 aliphatic rings. The van der Waals surface area contributed by atoms with Crippen LogP contribution in [-0.2, 0) is 11.3 Å². The van der Waals surface area contributed by atoms with Gasteiger partial charge in [-0.2, -0.15) is 0 Å². The first-order valence-corrected chi connectivity index (χ1v) is 7.38. The molecule has 104 valence electrons. The first-order chi connectivity index (χ1) is 9.33. The van der Waals surface area contributed by atoms with Crippen LogP contribution in [0.5, 0.6) is 0 Å². The molecule has 1 saturated heterocycles. The van der Waals surface area contributed by atoms with Gasteiger partial charge in [0.25, 0.3) is 0 Å². The highest BCUT2D eigenvalue weighted by atomic mass is 16.3. The molecule has 4 heteroatoms. The Morgan fingerprint density at radius 3 is 3.05 bits per heavy atom. The lowest BCUT2D eigenvalue weighted by Gasteiger charge is -2.39. The molecular weight excluding hydrogens is 240 g/mol. The van der Waals surface area contributed by atoms with Gasteiger partial charge in [0.2, 0.25) is 5.91 Å². The van der Waals surface area contributed by atoms with Crippen LogP contribution in [0.2, 0.25) is 0 Å². The van der Waals surface area contributed by atoms with Crippen LogP contribution in [0.4, 0.5) is 0 Å². The summed E-state index contributed by atoms with van der Waals surface area (Å²) in [6.45, 7) is 0.557. The van der Waals surface area contributed by atoms with E-state index >= 15 is 0 Å². The van der Waals surface area contributed by atoms with Crippen molar-refractivity contribution in [2.24, 2.45) is 5.92 Å². The minimum atomic E-state index is -0.00810. The monoisotopic (exact) mass is 262 g/mol. The van der Waals surface area contributed by atoms with E-state index in [1.807, 2.05) is 6.07 Å². The number of piperidine rings is 1. The van der Waals surface area contributed by atoms with Crippen LogP contribution in [0, 0.1) is 5.92 Å². The number of rotatable bonds is 3. The molecule has 0 radical (unpaired) electrons. The summed E-state index contributed by atoms with van der Waals surface area (Å²) in [5.41, 5.74) is 1.01. The summed E-state index contributed by atoms with van der Waals surface area (Å²) in [6.07, 6.45) is 10.7. The Bertz CT molecular complexity index is 416. The van der Waals surface area contributed by atoms with E-state index in [9.17, 15) is 4.79 Å². The van der Waals surface area contributed by atoms with Crippen molar-refractivity contribution in [2.75, 3.05) is 0 Å². The van der Waals surface area contributed by atoms with Gasteiger partial charge in [-0.05, 0) is 37.7 Å². The average Bonchev–Trinajstić information content (AvgIpc) is 2.97. The fourth-order valence-electron chi connectivity index (χ4n) is 3.41. The average molecular weight is 262 g/mol. The van der Waals surface area contributed by atoms with E-state index in [0.717, 1.165) is 17.9 Å². The van der Waals surface area contributed by atoms with Gasteiger partial charge in [0.15, 0.2) is 0 Å². The van der Waals surface area contributed by atoms with Crippen molar-refractivity contribution in [1.29, 1.82) is 0 Å². The zero-order chi connectivity index (χ0) is 13.1. The Kier molecular flexibility index (Phi) is 3.87. The van der Waals surface area contributed by atoms with E-state index in [1.54, 1.807) is 12.5 Å². The Morgan fingerprint density at radius 1 is 1.32 bits per heavy atom. The van der Waals surface area contributed by atoms with Crippen molar-refractivity contribution in [3.05, 3.63) is 24.2 Å². The van der Waals surface area contributed by atoms with E-state index in [0.29, 0.717) is 12.6 Å². The number of nitrogens with one attached hydrogen (secondary N) is 2. The maximum atomic E-state index is 12.2. The molecule has 1 aromatic heterocycles. The second-order valence-corrected chi connectivity index (χ2v) is 5.80.